The minimum atomic E-state index is -1.00. The van der Waals surface area contributed by atoms with Gasteiger partial charge < -0.3 is 10.0 Å². The molecular weight excluding hydrogens is 270 g/mol. The lowest BCUT2D eigenvalue weighted by atomic mass is 10.3. The first-order valence-corrected chi connectivity index (χ1v) is 6.93. The fourth-order valence-electron chi connectivity index (χ4n) is 1.48. The van der Waals surface area contributed by atoms with Crippen molar-refractivity contribution in [2.24, 2.45) is 0 Å². The third-order valence-electron chi connectivity index (χ3n) is 2.37. The molecule has 18 heavy (non-hydrogen) atoms. The number of thiophene rings is 2. The molecule has 2 rings (SSSR count). The van der Waals surface area contributed by atoms with Gasteiger partial charge in [-0.15, -0.1) is 11.3 Å². The summed E-state index contributed by atoms with van der Waals surface area (Å²) >= 11 is 2.59. The van der Waals surface area contributed by atoms with Crippen LogP contribution in [0.2, 0.25) is 0 Å². The summed E-state index contributed by atoms with van der Waals surface area (Å²) in [7, 11) is 1.71. The summed E-state index contributed by atoms with van der Waals surface area (Å²) in [6.07, 6.45) is 0. The van der Waals surface area contributed by atoms with Gasteiger partial charge in [0.1, 0.15) is 4.88 Å². The van der Waals surface area contributed by atoms with Crippen LogP contribution in [0.1, 0.15) is 24.9 Å². The Hall–Kier alpha value is -1.66. The molecular formula is C12H11NO3S2. The molecule has 0 aliphatic rings. The Labute approximate surface area is 112 Å². The quantitative estimate of drug-likeness (QED) is 0.937. The number of aromatic carboxylic acids is 1. The minimum absolute atomic E-state index is 0.154. The third-order valence-corrected chi connectivity index (χ3v) is 4.17. The van der Waals surface area contributed by atoms with Crippen LogP contribution in [0.5, 0.6) is 0 Å². The van der Waals surface area contributed by atoms with Gasteiger partial charge in [-0.3, -0.25) is 4.79 Å². The van der Waals surface area contributed by atoms with Crippen LogP contribution in [0.4, 0.5) is 0 Å². The fourth-order valence-corrected chi connectivity index (χ4v) is 2.98. The standard InChI is InChI=1S/C12H11NO3S2/c1-13(6-8-4-5-17-7-8)11(14)9-2-3-10(18-9)12(15)16/h2-5,7H,6H2,1H3,(H,15,16). The van der Waals surface area contributed by atoms with Crippen molar-refractivity contribution in [1.82, 2.24) is 4.90 Å². The lowest BCUT2D eigenvalue weighted by Crippen LogP contribution is -2.25. The summed E-state index contributed by atoms with van der Waals surface area (Å²) in [5.41, 5.74) is 1.07. The first-order valence-electron chi connectivity index (χ1n) is 5.17. The van der Waals surface area contributed by atoms with Gasteiger partial charge in [0.2, 0.25) is 0 Å². The molecule has 4 nitrogen and oxygen atoms in total. The van der Waals surface area contributed by atoms with Crippen molar-refractivity contribution in [2.45, 2.75) is 6.54 Å². The average molecular weight is 281 g/mol. The molecule has 0 atom stereocenters. The Bertz CT molecular complexity index is 560. The van der Waals surface area contributed by atoms with Crippen molar-refractivity contribution in [2.75, 3.05) is 7.05 Å². The monoisotopic (exact) mass is 281 g/mol. The highest BCUT2D eigenvalue weighted by molar-refractivity contribution is 7.15. The summed E-state index contributed by atoms with van der Waals surface area (Å²) in [6.45, 7) is 0.530. The summed E-state index contributed by atoms with van der Waals surface area (Å²) in [5.74, 6) is -1.15. The van der Waals surface area contributed by atoms with E-state index < -0.39 is 5.97 Å². The number of carbonyl (C=O) groups excluding carboxylic acids is 1. The summed E-state index contributed by atoms with van der Waals surface area (Å²) < 4.78 is 0. The van der Waals surface area contributed by atoms with Gasteiger partial charge in [0, 0.05) is 13.6 Å². The zero-order valence-electron chi connectivity index (χ0n) is 9.62. The zero-order valence-corrected chi connectivity index (χ0v) is 11.3. The SMILES string of the molecule is CN(Cc1ccsc1)C(=O)c1ccc(C(=O)O)s1. The molecule has 1 N–H and O–H groups in total. The molecule has 0 spiro atoms. The molecule has 0 bridgehead atoms. The summed E-state index contributed by atoms with van der Waals surface area (Å²) in [6, 6.07) is 4.98. The Morgan fingerprint density at radius 3 is 2.56 bits per heavy atom. The lowest BCUT2D eigenvalue weighted by molar-refractivity contribution is 0.0701. The zero-order chi connectivity index (χ0) is 13.1. The van der Waals surface area contributed by atoms with E-state index in [0.29, 0.717) is 11.4 Å². The Balaban J connectivity index is 2.08. The number of nitrogens with zero attached hydrogens (tertiary/aromatic N) is 1. The van der Waals surface area contributed by atoms with Crippen LogP contribution in [0, 0.1) is 0 Å². The van der Waals surface area contributed by atoms with E-state index in [-0.39, 0.29) is 10.8 Å². The molecule has 0 aromatic carbocycles. The van der Waals surface area contributed by atoms with Gasteiger partial charge in [-0.05, 0) is 34.5 Å². The van der Waals surface area contributed by atoms with E-state index in [4.69, 9.17) is 5.11 Å². The van der Waals surface area contributed by atoms with Gasteiger partial charge >= 0.3 is 5.97 Å². The van der Waals surface area contributed by atoms with Crippen molar-refractivity contribution in [3.05, 3.63) is 44.3 Å². The number of hydrogen-bond donors (Lipinski definition) is 1. The van der Waals surface area contributed by atoms with E-state index in [1.807, 2.05) is 16.8 Å². The highest BCUT2D eigenvalue weighted by atomic mass is 32.1. The molecule has 0 fully saturated rings. The predicted molar refractivity (Wildman–Crippen MR) is 71.4 cm³/mol. The van der Waals surface area contributed by atoms with Gasteiger partial charge in [-0.2, -0.15) is 11.3 Å². The molecule has 0 unspecified atom stereocenters. The van der Waals surface area contributed by atoms with Crippen molar-refractivity contribution in [3.63, 3.8) is 0 Å². The van der Waals surface area contributed by atoms with Crippen LogP contribution < -0.4 is 0 Å². The van der Waals surface area contributed by atoms with Gasteiger partial charge in [-0.1, -0.05) is 0 Å². The van der Waals surface area contributed by atoms with Crippen molar-refractivity contribution < 1.29 is 14.7 Å². The number of carboxylic acids is 1. The highest BCUT2D eigenvalue weighted by Gasteiger charge is 2.16. The minimum Gasteiger partial charge on any atom is -0.477 e. The first-order chi connectivity index (χ1) is 8.58. The molecule has 0 saturated heterocycles. The second-order valence-corrected chi connectivity index (χ2v) is 5.63. The van der Waals surface area contributed by atoms with Crippen molar-refractivity contribution in [3.8, 4) is 0 Å². The molecule has 1 amide bonds. The van der Waals surface area contributed by atoms with Gasteiger partial charge in [0.25, 0.3) is 5.91 Å². The Kier molecular flexibility index (Phi) is 3.78. The molecule has 0 aliphatic heterocycles. The summed E-state index contributed by atoms with van der Waals surface area (Å²) in [5, 5.41) is 12.8. The van der Waals surface area contributed by atoms with Crippen LogP contribution in [0.15, 0.2) is 29.0 Å². The maximum Gasteiger partial charge on any atom is 0.345 e. The number of amides is 1. The van der Waals surface area contributed by atoms with Gasteiger partial charge in [-0.25, -0.2) is 4.79 Å². The topological polar surface area (TPSA) is 57.6 Å². The highest BCUT2D eigenvalue weighted by Crippen LogP contribution is 2.19. The van der Waals surface area contributed by atoms with Crippen molar-refractivity contribution in [1.29, 1.82) is 0 Å². The number of carbonyl (C=O) groups is 2. The molecule has 6 heteroatoms. The number of rotatable bonds is 4. The second-order valence-electron chi connectivity index (χ2n) is 3.76. The van der Waals surface area contributed by atoms with Crippen LogP contribution in [0.25, 0.3) is 0 Å². The van der Waals surface area contributed by atoms with Crippen molar-refractivity contribution >= 4 is 34.6 Å². The number of hydrogen-bond acceptors (Lipinski definition) is 4. The number of carboxylic acid groups (broad SMARTS) is 1. The first kappa shape index (κ1) is 12.8. The maximum atomic E-state index is 12.1. The van der Waals surface area contributed by atoms with E-state index in [9.17, 15) is 9.59 Å². The van der Waals surface area contributed by atoms with E-state index in [1.165, 1.54) is 6.07 Å². The Morgan fingerprint density at radius 2 is 2.00 bits per heavy atom. The molecule has 94 valence electrons. The van der Waals surface area contributed by atoms with Crippen LogP contribution in [0.3, 0.4) is 0 Å². The normalized spacial score (nSPS) is 10.3. The fraction of sp³-hybridized carbons (Fsp3) is 0.167. The average Bonchev–Trinajstić information content (AvgIpc) is 2.98. The molecule has 2 aromatic heterocycles. The second kappa shape index (κ2) is 5.32. The van der Waals surface area contributed by atoms with E-state index in [0.717, 1.165) is 16.9 Å². The van der Waals surface area contributed by atoms with Crippen LogP contribution in [-0.2, 0) is 6.54 Å². The third kappa shape index (κ3) is 2.77. The van der Waals surface area contributed by atoms with Gasteiger partial charge in [0.05, 0.1) is 4.88 Å². The smallest absolute Gasteiger partial charge is 0.345 e. The molecule has 0 saturated carbocycles. The largest absolute Gasteiger partial charge is 0.477 e. The van der Waals surface area contributed by atoms with E-state index in [2.05, 4.69) is 0 Å². The van der Waals surface area contributed by atoms with E-state index in [1.54, 1.807) is 29.4 Å². The predicted octanol–water partition coefficient (Wildman–Crippen LogP) is 2.78. The summed E-state index contributed by atoms with van der Waals surface area (Å²) in [4.78, 5) is 25.0. The Morgan fingerprint density at radius 1 is 1.28 bits per heavy atom. The lowest BCUT2D eigenvalue weighted by Gasteiger charge is -2.15. The van der Waals surface area contributed by atoms with Gasteiger partial charge in [0.15, 0.2) is 0 Å². The molecule has 2 aromatic rings. The van der Waals surface area contributed by atoms with E-state index >= 15 is 0 Å². The maximum absolute atomic E-state index is 12.1. The molecule has 0 aliphatic carbocycles. The van der Waals surface area contributed by atoms with Crippen LogP contribution in [-0.4, -0.2) is 28.9 Å². The molecule has 2 heterocycles. The molecule has 0 radical (unpaired) electrons. The van der Waals surface area contributed by atoms with Crippen LogP contribution >= 0.6 is 22.7 Å².